The molecular weight excluding hydrogens is 346 g/mol. The van der Waals surface area contributed by atoms with Crippen molar-refractivity contribution in [3.8, 4) is 0 Å². The van der Waals surface area contributed by atoms with Crippen molar-refractivity contribution >= 4 is 23.3 Å². The average molecular weight is 381 g/mol. The van der Waals surface area contributed by atoms with E-state index in [0.717, 1.165) is 45.6 Å². The van der Waals surface area contributed by atoms with Crippen LogP contribution in [-0.2, 0) is 0 Å². The van der Waals surface area contributed by atoms with Crippen LogP contribution in [0.3, 0.4) is 0 Å². The first-order valence-electron chi connectivity index (χ1n) is 9.99. The second-order valence-electron chi connectivity index (χ2n) is 7.70. The van der Waals surface area contributed by atoms with Crippen LogP contribution in [0.5, 0.6) is 0 Å². The van der Waals surface area contributed by atoms with E-state index in [1.54, 1.807) is 0 Å². The molecule has 0 unspecified atom stereocenters. The lowest BCUT2D eigenvalue weighted by molar-refractivity contribution is -0.896. The number of piperidine rings is 1. The monoisotopic (exact) mass is 380 g/mol. The number of anilines is 3. The first-order valence-corrected chi connectivity index (χ1v) is 9.99. The molecule has 1 saturated heterocycles. The van der Waals surface area contributed by atoms with Crippen molar-refractivity contribution in [3.63, 3.8) is 0 Å². The zero-order chi connectivity index (χ0) is 20.0. The van der Waals surface area contributed by atoms with Gasteiger partial charge in [-0.2, -0.15) is 9.97 Å². The van der Waals surface area contributed by atoms with Crippen molar-refractivity contribution in [1.29, 1.82) is 0 Å². The largest absolute Gasteiger partial charge is 0.378 e. The summed E-state index contributed by atoms with van der Waals surface area (Å²) in [7, 11) is 0. The van der Waals surface area contributed by atoms with Crippen molar-refractivity contribution in [2.75, 3.05) is 55.2 Å². The van der Waals surface area contributed by atoms with Gasteiger partial charge >= 0.3 is 5.69 Å². The van der Waals surface area contributed by atoms with Crippen LogP contribution in [0.2, 0.25) is 0 Å². The summed E-state index contributed by atoms with van der Waals surface area (Å²) in [5, 5.41) is 14.7. The Morgan fingerprint density at radius 3 is 2.44 bits per heavy atom. The maximum Gasteiger partial charge on any atom is 0.353 e. The Bertz CT molecular complexity index is 626. The second-order valence-corrected chi connectivity index (χ2v) is 7.70. The molecule has 2 rings (SSSR count). The summed E-state index contributed by atoms with van der Waals surface area (Å²) in [5.74, 6) is 1.54. The standard InChI is InChI=1S/C18H33N7O2/c1-5-23(6-2)9-7-8-20-18-21-16(19)15(25(26)27)17(22-18)24-11-13(3)10-14(4)12-24/h13-14H,5-12H2,1-4H3,(H3,19,20,21,22)/p+1/t13-,14+. The van der Waals surface area contributed by atoms with E-state index >= 15 is 0 Å². The van der Waals surface area contributed by atoms with Crippen molar-refractivity contribution in [3.05, 3.63) is 10.1 Å². The number of rotatable bonds is 9. The highest BCUT2D eigenvalue weighted by Crippen LogP contribution is 2.35. The molecule has 152 valence electrons. The molecule has 27 heavy (non-hydrogen) atoms. The van der Waals surface area contributed by atoms with Gasteiger partial charge in [0, 0.05) is 26.1 Å². The number of hydrogen-bond donors (Lipinski definition) is 3. The predicted molar refractivity (Wildman–Crippen MR) is 108 cm³/mol. The fourth-order valence-electron chi connectivity index (χ4n) is 3.91. The molecule has 1 aromatic rings. The maximum atomic E-state index is 11.6. The van der Waals surface area contributed by atoms with Gasteiger partial charge in [0.05, 0.1) is 24.6 Å². The zero-order valence-corrected chi connectivity index (χ0v) is 17.0. The number of nitrogens with zero attached hydrogens (tertiary/aromatic N) is 4. The number of hydrogen-bond acceptors (Lipinski definition) is 7. The predicted octanol–water partition coefficient (Wildman–Crippen LogP) is 1.18. The molecule has 1 aromatic heterocycles. The topological polar surface area (TPSA) is 115 Å². The molecule has 0 aliphatic carbocycles. The normalized spacial score (nSPS) is 20.1. The minimum Gasteiger partial charge on any atom is -0.378 e. The number of quaternary nitrogens is 1. The molecule has 4 N–H and O–H groups in total. The Hall–Kier alpha value is -2.16. The quantitative estimate of drug-likeness (QED) is 0.335. The third-order valence-electron chi connectivity index (χ3n) is 5.23. The van der Waals surface area contributed by atoms with Gasteiger partial charge in [-0.05, 0) is 32.1 Å². The molecule has 1 aliphatic rings. The molecule has 1 aliphatic heterocycles. The molecule has 0 spiro atoms. The van der Waals surface area contributed by atoms with Gasteiger partial charge in [-0.25, -0.2) is 0 Å². The highest BCUT2D eigenvalue weighted by atomic mass is 16.6. The average Bonchev–Trinajstić information content (AvgIpc) is 2.60. The van der Waals surface area contributed by atoms with Gasteiger partial charge in [0.25, 0.3) is 0 Å². The molecule has 0 radical (unpaired) electrons. The lowest BCUT2D eigenvalue weighted by atomic mass is 9.92. The van der Waals surface area contributed by atoms with Gasteiger partial charge in [0.1, 0.15) is 0 Å². The third kappa shape index (κ3) is 5.66. The highest BCUT2D eigenvalue weighted by molar-refractivity contribution is 5.71. The molecule has 9 nitrogen and oxygen atoms in total. The van der Waals surface area contributed by atoms with Crippen molar-refractivity contribution in [2.45, 2.75) is 40.5 Å². The van der Waals surface area contributed by atoms with Crippen molar-refractivity contribution in [2.24, 2.45) is 11.8 Å². The molecule has 0 amide bonds. The molecule has 0 saturated carbocycles. The first kappa shape index (κ1) is 21.1. The molecule has 1 fully saturated rings. The Morgan fingerprint density at radius 2 is 1.89 bits per heavy atom. The smallest absolute Gasteiger partial charge is 0.353 e. The first-order chi connectivity index (χ1) is 12.8. The van der Waals surface area contributed by atoms with Gasteiger partial charge in [0.15, 0.2) is 0 Å². The number of aromatic nitrogens is 2. The summed E-state index contributed by atoms with van der Waals surface area (Å²) in [6, 6.07) is 0. The van der Waals surface area contributed by atoms with Crippen LogP contribution in [0.1, 0.15) is 40.5 Å². The van der Waals surface area contributed by atoms with E-state index in [2.05, 4.69) is 43.0 Å². The number of nitrogen functional groups attached to an aromatic ring is 1. The minimum absolute atomic E-state index is 0.0762. The van der Waals surface area contributed by atoms with Crippen molar-refractivity contribution < 1.29 is 9.82 Å². The van der Waals surface area contributed by atoms with Gasteiger partial charge in [-0.1, -0.05) is 13.8 Å². The fourth-order valence-corrected chi connectivity index (χ4v) is 3.91. The Balaban J connectivity index is 2.15. The van der Waals surface area contributed by atoms with E-state index in [1.807, 2.05) is 4.90 Å². The minimum atomic E-state index is -0.470. The summed E-state index contributed by atoms with van der Waals surface area (Å²) in [5.41, 5.74) is 5.75. The van der Waals surface area contributed by atoms with E-state index in [1.165, 1.54) is 4.90 Å². The lowest BCUT2D eigenvalue weighted by Crippen LogP contribution is -3.11. The summed E-state index contributed by atoms with van der Waals surface area (Å²) < 4.78 is 0. The maximum absolute atomic E-state index is 11.6. The highest BCUT2D eigenvalue weighted by Gasteiger charge is 2.31. The Morgan fingerprint density at radius 1 is 1.26 bits per heavy atom. The molecule has 0 aromatic carbocycles. The van der Waals surface area contributed by atoms with E-state index in [-0.39, 0.29) is 11.5 Å². The molecule has 2 atom stereocenters. The van der Waals surface area contributed by atoms with Crippen LogP contribution in [0, 0.1) is 22.0 Å². The summed E-state index contributed by atoms with van der Waals surface area (Å²) >= 11 is 0. The van der Waals surface area contributed by atoms with Crippen LogP contribution >= 0.6 is 0 Å². The van der Waals surface area contributed by atoms with Crippen LogP contribution in [0.4, 0.5) is 23.3 Å². The number of nitrogens with one attached hydrogen (secondary N) is 2. The van der Waals surface area contributed by atoms with E-state index < -0.39 is 4.92 Å². The third-order valence-corrected chi connectivity index (χ3v) is 5.23. The molecule has 9 heteroatoms. The van der Waals surface area contributed by atoms with Gasteiger partial charge in [-0.3, -0.25) is 10.1 Å². The van der Waals surface area contributed by atoms with Crippen LogP contribution in [0.25, 0.3) is 0 Å². The fraction of sp³-hybridized carbons (Fsp3) is 0.778. The molecule has 2 heterocycles. The van der Waals surface area contributed by atoms with Crippen LogP contribution in [0.15, 0.2) is 0 Å². The number of nitrogens with two attached hydrogens (primary N) is 1. The summed E-state index contributed by atoms with van der Waals surface area (Å²) in [6.45, 7) is 14.2. The van der Waals surface area contributed by atoms with E-state index in [0.29, 0.717) is 30.1 Å². The van der Waals surface area contributed by atoms with Crippen LogP contribution < -0.4 is 20.9 Å². The van der Waals surface area contributed by atoms with Gasteiger partial charge in [0.2, 0.25) is 17.6 Å². The van der Waals surface area contributed by atoms with E-state index in [4.69, 9.17) is 5.73 Å². The second kappa shape index (κ2) is 9.68. The van der Waals surface area contributed by atoms with Crippen molar-refractivity contribution in [1.82, 2.24) is 9.97 Å². The summed E-state index contributed by atoms with van der Waals surface area (Å²) in [4.78, 5) is 23.2. The van der Waals surface area contributed by atoms with Gasteiger partial charge in [-0.15, -0.1) is 0 Å². The lowest BCUT2D eigenvalue weighted by Gasteiger charge is -2.35. The SMILES string of the molecule is CC[NH+](CC)CCCNc1nc(N)c([N+](=O)[O-])c(N2C[C@H](C)C[C@H](C)C2)n1. The molecule has 0 bridgehead atoms. The van der Waals surface area contributed by atoms with E-state index in [9.17, 15) is 10.1 Å². The van der Waals surface area contributed by atoms with Gasteiger partial charge < -0.3 is 20.9 Å². The summed E-state index contributed by atoms with van der Waals surface area (Å²) in [6.07, 6.45) is 2.09. The Kier molecular flexibility index (Phi) is 7.58. The Labute approximate surface area is 161 Å². The zero-order valence-electron chi connectivity index (χ0n) is 17.0. The number of nitro groups is 1. The molecular formula is C18H34N7O2+. The van der Waals surface area contributed by atoms with Crippen LogP contribution in [-0.4, -0.2) is 54.2 Å².